The SMILES string of the molecule is CC(=O)Nc1c([N+](=O)[O-])cc(Br)c(Cl)c1Cl. The van der Waals surface area contributed by atoms with E-state index in [1.807, 2.05) is 0 Å². The fourth-order valence-corrected chi connectivity index (χ4v) is 1.95. The van der Waals surface area contributed by atoms with Crippen LogP contribution in [0.5, 0.6) is 0 Å². The largest absolute Gasteiger partial charge is 0.319 e. The van der Waals surface area contributed by atoms with Gasteiger partial charge in [0.2, 0.25) is 5.91 Å². The predicted octanol–water partition coefficient (Wildman–Crippen LogP) is 3.62. The first-order valence-electron chi connectivity index (χ1n) is 3.94. The Kier molecular flexibility index (Phi) is 4.12. The number of hydrogen-bond acceptors (Lipinski definition) is 3. The van der Waals surface area contributed by atoms with Crippen LogP contribution in [-0.2, 0) is 4.79 Å². The standard InChI is InChI=1S/C8H5BrCl2N2O3/c1-3(14)12-8-5(13(15)16)2-4(9)6(10)7(8)11/h2H,1H3,(H,12,14). The minimum absolute atomic E-state index is 0.0714. The second kappa shape index (κ2) is 4.99. The number of carbonyl (C=O) groups excluding carboxylic acids is 1. The van der Waals surface area contributed by atoms with Crippen molar-refractivity contribution in [3.8, 4) is 0 Å². The van der Waals surface area contributed by atoms with Crippen LogP contribution in [0.2, 0.25) is 10.0 Å². The summed E-state index contributed by atoms with van der Waals surface area (Å²) in [6.45, 7) is 1.22. The van der Waals surface area contributed by atoms with Gasteiger partial charge < -0.3 is 5.32 Å². The van der Waals surface area contributed by atoms with Crippen LogP contribution in [0.4, 0.5) is 11.4 Å². The van der Waals surface area contributed by atoms with Crippen molar-refractivity contribution in [3.63, 3.8) is 0 Å². The topological polar surface area (TPSA) is 72.2 Å². The summed E-state index contributed by atoms with van der Waals surface area (Å²) in [6.07, 6.45) is 0. The maximum Gasteiger partial charge on any atom is 0.295 e. The molecule has 0 spiro atoms. The molecule has 0 bridgehead atoms. The molecule has 0 saturated carbocycles. The van der Waals surface area contributed by atoms with E-state index >= 15 is 0 Å². The highest BCUT2D eigenvalue weighted by Gasteiger charge is 2.22. The van der Waals surface area contributed by atoms with Crippen molar-refractivity contribution in [1.82, 2.24) is 0 Å². The Morgan fingerprint density at radius 2 is 2.06 bits per heavy atom. The van der Waals surface area contributed by atoms with Gasteiger partial charge in [-0.1, -0.05) is 23.2 Å². The fourth-order valence-electron chi connectivity index (χ4n) is 1.02. The molecule has 0 aliphatic heterocycles. The smallest absolute Gasteiger partial charge is 0.295 e. The number of carbonyl (C=O) groups is 1. The van der Waals surface area contributed by atoms with E-state index in [9.17, 15) is 14.9 Å². The molecule has 1 aromatic rings. The van der Waals surface area contributed by atoms with E-state index in [4.69, 9.17) is 23.2 Å². The van der Waals surface area contributed by atoms with Gasteiger partial charge in [0.1, 0.15) is 5.69 Å². The Balaban J connectivity index is 3.47. The van der Waals surface area contributed by atoms with E-state index in [0.717, 1.165) is 0 Å². The Morgan fingerprint density at radius 1 is 1.50 bits per heavy atom. The lowest BCUT2D eigenvalue weighted by molar-refractivity contribution is -0.384. The van der Waals surface area contributed by atoms with Crippen molar-refractivity contribution in [2.24, 2.45) is 0 Å². The number of rotatable bonds is 2. The molecule has 1 amide bonds. The van der Waals surface area contributed by atoms with E-state index in [2.05, 4.69) is 21.2 Å². The number of anilines is 1. The fraction of sp³-hybridized carbons (Fsp3) is 0.125. The molecule has 0 atom stereocenters. The summed E-state index contributed by atoms with van der Waals surface area (Å²) >= 11 is 14.6. The Bertz CT molecular complexity index is 479. The molecule has 5 nitrogen and oxygen atoms in total. The minimum atomic E-state index is -0.655. The third-order valence-electron chi connectivity index (χ3n) is 1.64. The van der Waals surface area contributed by atoms with E-state index < -0.39 is 10.8 Å². The van der Waals surface area contributed by atoms with Gasteiger partial charge >= 0.3 is 0 Å². The second-order valence-corrected chi connectivity index (χ2v) is 4.43. The molecule has 16 heavy (non-hydrogen) atoms. The monoisotopic (exact) mass is 326 g/mol. The van der Waals surface area contributed by atoms with Crippen LogP contribution in [-0.4, -0.2) is 10.8 Å². The zero-order chi connectivity index (χ0) is 12.5. The van der Waals surface area contributed by atoms with Gasteiger partial charge in [-0.15, -0.1) is 0 Å². The van der Waals surface area contributed by atoms with E-state index in [1.54, 1.807) is 0 Å². The predicted molar refractivity (Wildman–Crippen MR) is 65.1 cm³/mol. The van der Waals surface area contributed by atoms with Crippen molar-refractivity contribution >= 4 is 56.4 Å². The van der Waals surface area contributed by atoms with Crippen molar-refractivity contribution in [3.05, 3.63) is 30.7 Å². The van der Waals surface area contributed by atoms with E-state index in [1.165, 1.54) is 13.0 Å². The maximum atomic E-state index is 10.9. The highest BCUT2D eigenvalue weighted by molar-refractivity contribution is 9.10. The molecule has 0 radical (unpaired) electrons. The van der Waals surface area contributed by atoms with Gasteiger partial charge in [-0.05, 0) is 15.9 Å². The van der Waals surface area contributed by atoms with Crippen LogP contribution >= 0.6 is 39.1 Å². The van der Waals surface area contributed by atoms with Crippen LogP contribution in [0.15, 0.2) is 10.5 Å². The molecule has 0 heterocycles. The van der Waals surface area contributed by atoms with Gasteiger partial charge in [-0.3, -0.25) is 14.9 Å². The van der Waals surface area contributed by atoms with Crippen molar-refractivity contribution in [2.75, 3.05) is 5.32 Å². The summed E-state index contributed by atoms with van der Waals surface area (Å²) in [5, 5.41) is 13.1. The first-order chi connectivity index (χ1) is 7.34. The molecular weight excluding hydrogens is 323 g/mol. The Labute approximate surface area is 109 Å². The third-order valence-corrected chi connectivity index (χ3v) is 3.36. The van der Waals surface area contributed by atoms with Crippen LogP contribution in [0.1, 0.15) is 6.92 Å². The zero-order valence-corrected chi connectivity index (χ0v) is 11.0. The van der Waals surface area contributed by atoms with E-state index in [0.29, 0.717) is 4.47 Å². The average molecular weight is 328 g/mol. The zero-order valence-electron chi connectivity index (χ0n) is 7.88. The lowest BCUT2D eigenvalue weighted by Gasteiger charge is -2.08. The summed E-state index contributed by atoms with van der Waals surface area (Å²) in [4.78, 5) is 21.0. The van der Waals surface area contributed by atoms with Gasteiger partial charge in [-0.25, -0.2) is 0 Å². The maximum absolute atomic E-state index is 10.9. The molecule has 0 unspecified atom stereocenters. The number of nitro benzene ring substituents is 1. The third kappa shape index (κ3) is 2.63. The van der Waals surface area contributed by atoms with Gasteiger partial charge in [0.15, 0.2) is 0 Å². The van der Waals surface area contributed by atoms with Crippen LogP contribution in [0.25, 0.3) is 0 Å². The summed E-state index contributed by atoms with van der Waals surface area (Å²) in [5.41, 5.74) is -0.427. The molecule has 0 aliphatic carbocycles. The first-order valence-corrected chi connectivity index (χ1v) is 5.49. The molecule has 0 aliphatic rings. The molecule has 1 rings (SSSR count). The molecule has 1 aromatic carbocycles. The van der Waals surface area contributed by atoms with Crippen LogP contribution < -0.4 is 5.32 Å². The highest BCUT2D eigenvalue weighted by atomic mass is 79.9. The van der Waals surface area contributed by atoms with Crippen LogP contribution in [0, 0.1) is 10.1 Å². The van der Waals surface area contributed by atoms with Gasteiger partial charge in [0.05, 0.1) is 15.0 Å². The van der Waals surface area contributed by atoms with Gasteiger partial charge in [-0.2, -0.15) is 0 Å². The molecule has 0 aromatic heterocycles. The number of nitrogens with zero attached hydrogens (tertiary/aromatic N) is 1. The molecule has 1 N–H and O–H groups in total. The molecule has 0 saturated heterocycles. The lowest BCUT2D eigenvalue weighted by Crippen LogP contribution is -2.09. The number of halogens is 3. The molecule has 86 valence electrons. The van der Waals surface area contributed by atoms with Crippen LogP contribution in [0.3, 0.4) is 0 Å². The van der Waals surface area contributed by atoms with Gasteiger partial charge in [0.25, 0.3) is 5.69 Å². The molecular formula is C8H5BrCl2N2O3. The Morgan fingerprint density at radius 3 is 2.50 bits per heavy atom. The number of benzene rings is 1. The van der Waals surface area contributed by atoms with Crippen molar-refractivity contribution < 1.29 is 9.72 Å². The number of nitro groups is 1. The van der Waals surface area contributed by atoms with Crippen molar-refractivity contribution in [2.45, 2.75) is 6.92 Å². The van der Waals surface area contributed by atoms with Gasteiger partial charge in [0, 0.05) is 17.5 Å². The number of amides is 1. The highest BCUT2D eigenvalue weighted by Crippen LogP contribution is 2.42. The first kappa shape index (κ1) is 13.2. The molecule has 0 fully saturated rings. The van der Waals surface area contributed by atoms with E-state index in [-0.39, 0.29) is 21.4 Å². The second-order valence-electron chi connectivity index (χ2n) is 2.82. The summed E-state index contributed by atoms with van der Waals surface area (Å²) < 4.78 is 0.292. The summed E-state index contributed by atoms with van der Waals surface area (Å²) in [7, 11) is 0. The Hall–Kier alpha value is -0.850. The lowest BCUT2D eigenvalue weighted by atomic mass is 10.2. The summed E-state index contributed by atoms with van der Waals surface area (Å²) in [5.74, 6) is -0.469. The minimum Gasteiger partial charge on any atom is -0.319 e. The quantitative estimate of drug-likeness (QED) is 0.512. The number of hydrogen-bond donors (Lipinski definition) is 1. The average Bonchev–Trinajstić information content (AvgIpc) is 2.17. The normalized spacial score (nSPS) is 10.0. The molecule has 8 heteroatoms. The van der Waals surface area contributed by atoms with Crippen molar-refractivity contribution in [1.29, 1.82) is 0 Å². The number of nitrogens with one attached hydrogen (secondary N) is 1. The summed E-state index contributed by atoms with van der Waals surface area (Å²) in [6, 6.07) is 1.18.